The van der Waals surface area contributed by atoms with Crippen LogP contribution in [0.4, 0.5) is 0 Å². The van der Waals surface area contributed by atoms with E-state index in [0.717, 1.165) is 19.3 Å². The van der Waals surface area contributed by atoms with Gasteiger partial charge >= 0.3 is 5.97 Å². The largest absolute Gasteiger partial charge is 0.481 e. The summed E-state index contributed by atoms with van der Waals surface area (Å²) in [4.78, 5) is 23.1. The highest BCUT2D eigenvalue weighted by atomic mass is 16.5. The molecule has 3 unspecified atom stereocenters. The Kier molecular flexibility index (Phi) is 12.7. The molecule has 0 saturated heterocycles. The lowest BCUT2D eigenvalue weighted by Crippen LogP contribution is -2.23. The second-order valence-corrected chi connectivity index (χ2v) is 7.66. The standard InChI is InChI=1S/C23H38O6/c1-5-10-17(27-2)15-18(28-3)13-14-20-19(21(24)16-22(20)29-4)11-8-6-7-9-12-23(25)26/h6,8,13-14,17-20,22H,5,7,9-12,15-16H2,1-4H3,(H,25,26)/b8-6-,14-13+/t17?,18?,19-,20-,22?/m1/s1. The fraction of sp³-hybridized carbons (Fsp3) is 0.739. The Labute approximate surface area is 175 Å². The van der Waals surface area contributed by atoms with Gasteiger partial charge in [-0.2, -0.15) is 0 Å². The molecular weight excluding hydrogens is 372 g/mol. The normalized spacial score (nSPS) is 24.6. The summed E-state index contributed by atoms with van der Waals surface area (Å²) in [7, 11) is 5.07. The molecule has 6 nitrogen and oxygen atoms in total. The maximum absolute atomic E-state index is 12.5. The minimum Gasteiger partial charge on any atom is -0.481 e. The van der Waals surface area contributed by atoms with Gasteiger partial charge in [0.2, 0.25) is 0 Å². The predicted molar refractivity (Wildman–Crippen MR) is 113 cm³/mol. The van der Waals surface area contributed by atoms with Crippen molar-refractivity contribution in [3.05, 3.63) is 24.3 Å². The number of rotatable bonds is 15. The van der Waals surface area contributed by atoms with E-state index < -0.39 is 5.97 Å². The topological polar surface area (TPSA) is 82.1 Å². The second-order valence-electron chi connectivity index (χ2n) is 7.66. The summed E-state index contributed by atoms with van der Waals surface area (Å²) in [6.45, 7) is 2.14. The Bertz CT molecular complexity index is 541. The zero-order valence-electron chi connectivity index (χ0n) is 18.3. The van der Waals surface area contributed by atoms with E-state index in [4.69, 9.17) is 19.3 Å². The van der Waals surface area contributed by atoms with Crippen LogP contribution < -0.4 is 0 Å². The van der Waals surface area contributed by atoms with Gasteiger partial charge in [-0.25, -0.2) is 0 Å². The number of hydrogen-bond donors (Lipinski definition) is 1. The van der Waals surface area contributed by atoms with Crippen LogP contribution >= 0.6 is 0 Å². The molecule has 0 aromatic heterocycles. The second kappa shape index (κ2) is 14.5. The van der Waals surface area contributed by atoms with Crippen LogP contribution in [0, 0.1) is 11.8 Å². The Morgan fingerprint density at radius 1 is 1.24 bits per heavy atom. The summed E-state index contributed by atoms with van der Waals surface area (Å²) in [5.74, 6) is -0.657. The highest BCUT2D eigenvalue weighted by Crippen LogP contribution is 2.35. The molecule has 5 atom stereocenters. The molecule has 0 heterocycles. The number of ether oxygens (including phenoxy) is 3. The van der Waals surface area contributed by atoms with Gasteiger partial charge in [0.1, 0.15) is 5.78 Å². The molecule has 1 rings (SSSR count). The van der Waals surface area contributed by atoms with Crippen LogP contribution in [-0.2, 0) is 23.8 Å². The number of carboxylic acids is 1. The Morgan fingerprint density at radius 3 is 2.59 bits per heavy atom. The van der Waals surface area contributed by atoms with E-state index in [1.54, 1.807) is 21.3 Å². The van der Waals surface area contributed by atoms with E-state index in [1.807, 2.05) is 18.2 Å². The van der Waals surface area contributed by atoms with Crippen LogP contribution in [0.1, 0.15) is 58.3 Å². The first-order valence-corrected chi connectivity index (χ1v) is 10.6. The van der Waals surface area contributed by atoms with Crippen LogP contribution in [0.2, 0.25) is 0 Å². The number of methoxy groups -OCH3 is 3. The van der Waals surface area contributed by atoms with Crippen LogP contribution in [0.25, 0.3) is 0 Å². The highest BCUT2D eigenvalue weighted by molar-refractivity contribution is 5.84. The minimum atomic E-state index is -0.778. The summed E-state index contributed by atoms with van der Waals surface area (Å²) in [5.41, 5.74) is 0. The highest BCUT2D eigenvalue weighted by Gasteiger charge is 2.40. The van der Waals surface area contributed by atoms with E-state index in [0.29, 0.717) is 25.7 Å². The number of Topliss-reactive ketones (excluding diaryl/α,β-unsaturated/α-hetero) is 1. The molecule has 0 aromatic rings. The average molecular weight is 411 g/mol. The molecule has 1 fully saturated rings. The fourth-order valence-electron chi connectivity index (χ4n) is 3.90. The number of allylic oxidation sites excluding steroid dienone is 2. The first kappa shape index (κ1) is 25.5. The number of carboxylic acid groups (broad SMARTS) is 1. The smallest absolute Gasteiger partial charge is 0.303 e. The maximum Gasteiger partial charge on any atom is 0.303 e. The molecule has 0 radical (unpaired) electrons. The third-order valence-electron chi connectivity index (χ3n) is 5.62. The zero-order chi connectivity index (χ0) is 21.6. The van der Waals surface area contributed by atoms with Gasteiger partial charge in [-0.1, -0.05) is 37.6 Å². The Hall–Kier alpha value is -1.50. The number of carbonyl (C=O) groups excluding carboxylic acids is 1. The van der Waals surface area contributed by atoms with Crippen LogP contribution in [0.5, 0.6) is 0 Å². The average Bonchev–Trinajstić information content (AvgIpc) is 3.01. The number of aliphatic carboxylic acids is 1. The molecule has 29 heavy (non-hydrogen) atoms. The SMILES string of the molecule is CCCC(CC(/C=C/[C@H]1C(OC)CC(=O)[C@@H]1C/C=C\CCCC(=O)O)OC)OC. The van der Waals surface area contributed by atoms with Crippen molar-refractivity contribution in [2.75, 3.05) is 21.3 Å². The number of carbonyl (C=O) groups is 2. The van der Waals surface area contributed by atoms with Gasteiger partial charge in [-0.3, -0.25) is 9.59 Å². The van der Waals surface area contributed by atoms with Gasteiger partial charge < -0.3 is 19.3 Å². The summed E-state index contributed by atoms with van der Waals surface area (Å²) in [6.07, 6.45) is 13.5. The molecule has 1 aliphatic carbocycles. The zero-order valence-corrected chi connectivity index (χ0v) is 18.3. The summed E-state index contributed by atoms with van der Waals surface area (Å²) >= 11 is 0. The van der Waals surface area contributed by atoms with Crippen LogP contribution in [0.3, 0.4) is 0 Å². The molecule has 0 aliphatic heterocycles. The lowest BCUT2D eigenvalue weighted by Gasteiger charge is -2.22. The Balaban J connectivity index is 2.71. The van der Waals surface area contributed by atoms with Crippen molar-refractivity contribution in [3.8, 4) is 0 Å². The summed E-state index contributed by atoms with van der Waals surface area (Å²) in [5, 5.41) is 8.68. The van der Waals surface area contributed by atoms with Crippen LogP contribution in [0.15, 0.2) is 24.3 Å². The van der Waals surface area contributed by atoms with E-state index in [1.165, 1.54) is 0 Å². The maximum atomic E-state index is 12.5. The molecular formula is C23H38O6. The quantitative estimate of drug-likeness (QED) is 0.322. The Morgan fingerprint density at radius 2 is 2.00 bits per heavy atom. The molecule has 1 aliphatic rings. The van der Waals surface area contributed by atoms with E-state index in [2.05, 4.69) is 13.0 Å². The number of hydrogen-bond acceptors (Lipinski definition) is 5. The number of ketones is 1. The summed E-state index contributed by atoms with van der Waals surface area (Å²) in [6, 6.07) is 0. The van der Waals surface area contributed by atoms with E-state index >= 15 is 0 Å². The van der Waals surface area contributed by atoms with E-state index in [-0.39, 0.29) is 42.4 Å². The van der Waals surface area contributed by atoms with Gasteiger partial charge in [0.15, 0.2) is 0 Å². The van der Waals surface area contributed by atoms with Crippen molar-refractivity contribution in [1.29, 1.82) is 0 Å². The minimum absolute atomic E-state index is 0.0148. The van der Waals surface area contributed by atoms with Crippen molar-refractivity contribution in [2.24, 2.45) is 11.8 Å². The van der Waals surface area contributed by atoms with Crippen LogP contribution in [-0.4, -0.2) is 56.5 Å². The van der Waals surface area contributed by atoms with Gasteiger partial charge in [-0.15, -0.1) is 0 Å². The van der Waals surface area contributed by atoms with Crippen molar-refractivity contribution < 1.29 is 28.9 Å². The third kappa shape index (κ3) is 9.24. The van der Waals surface area contributed by atoms with Crippen molar-refractivity contribution >= 4 is 11.8 Å². The summed E-state index contributed by atoms with van der Waals surface area (Å²) < 4.78 is 16.7. The van der Waals surface area contributed by atoms with Gasteiger partial charge in [0.25, 0.3) is 0 Å². The molecule has 1 N–H and O–H groups in total. The molecule has 166 valence electrons. The molecule has 1 saturated carbocycles. The van der Waals surface area contributed by atoms with Gasteiger partial charge in [-0.05, 0) is 25.7 Å². The third-order valence-corrected chi connectivity index (χ3v) is 5.62. The predicted octanol–water partition coefficient (Wildman–Crippen LogP) is 4.18. The van der Waals surface area contributed by atoms with Gasteiger partial charge in [0, 0.05) is 52.4 Å². The van der Waals surface area contributed by atoms with Crippen molar-refractivity contribution in [1.82, 2.24) is 0 Å². The first-order chi connectivity index (χ1) is 14.0. The fourth-order valence-corrected chi connectivity index (χ4v) is 3.90. The van der Waals surface area contributed by atoms with E-state index in [9.17, 15) is 9.59 Å². The molecule has 0 aromatic carbocycles. The molecule has 0 bridgehead atoms. The van der Waals surface area contributed by atoms with Gasteiger partial charge in [0.05, 0.1) is 18.3 Å². The van der Waals surface area contributed by atoms with Crippen molar-refractivity contribution in [3.63, 3.8) is 0 Å². The molecule has 0 amide bonds. The lowest BCUT2D eigenvalue weighted by molar-refractivity contribution is -0.137. The molecule has 0 spiro atoms. The molecule has 6 heteroatoms. The number of unbranched alkanes of at least 4 members (excludes halogenated alkanes) is 1. The first-order valence-electron chi connectivity index (χ1n) is 10.6. The lowest BCUT2D eigenvalue weighted by atomic mass is 9.90. The monoisotopic (exact) mass is 410 g/mol. The van der Waals surface area contributed by atoms with Crippen molar-refractivity contribution in [2.45, 2.75) is 76.6 Å².